The van der Waals surface area contributed by atoms with E-state index in [2.05, 4.69) is 27.7 Å². The highest BCUT2D eigenvalue weighted by Crippen LogP contribution is 2.18. The predicted octanol–water partition coefficient (Wildman–Crippen LogP) is 4.45. The molecular formula is C12H25. The van der Waals surface area contributed by atoms with Gasteiger partial charge in [0.05, 0.1) is 0 Å². The third-order valence-corrected chi connectivity index (χ3v) is 2.80. The third kappa shape index (κ3) is 6.69. The van der Waals surface area contributed by atoms with Crippen molar-refractivity contribution in [3.05, 3.63) is 6.92 Å². The first-order valence-electron chi connectivity index (χ1n) is 5.49. The second-order valence-corrected chi connectivity index (χ2v) is 4.19. The highest BCUT2D eigenvalue weighted by molar-refractivity contribution is 4.57. The van der Waals surface area contributed by atoms with Crippen LogP contribution in [0.2, 0.25) is 0 Å². The molecule has 0 N–H and O–H groups in total. The molecule has 0 aliphatic carbocycles. The molecule has 2 atom stereocenters. The summed E-state index contributed by atoms with van der Waals surface area (Å²) in [6.45, 7) is 10.9. The summed E-state index contributed by atoms with van der Waals surface area (Å²) in [5.41, 5.74) is 0. The maximum atomic E-state index is 3.87. The van der Waals surface area contributed by atoms with E-state index in [1.807, 2.05) is 0 Å². The van der Waals surface area contributed by atoms with Gasteiger partial charge >= 0.3 is 0 Å². The number of hydrogen-bond acceptors (Lipinski definition) is 0. The minimum Gasteiger partial charge on any atom is -0.0651 e. The molecule has 0 saturated carbocycles. The lowest BCUT2D eigenvalue weighted by atomic mass is 9.93. The van der Waals surface area contributed by atoms with Gasteiger partial charge in [-0.2, -0.15) is 0 Å². The van der Waals surface area contributed by atoms with Gasteiger partial charge in [0.15, 0.2) is 0 Å². The molecule has 2 unspecified atom stereocenters. The molecule has 0 aromatic heterocycles. The molecule has 0 aliphatic heterocycles. The SMILES string of the molecule is [CH2]CCCC(C)CCC(C)CC. The molecule has 1 radical (unpaired) electrons. The highest BCUT2D eigenvalue weighted by Gasteiger charge is 2.04. The first kappa shape index (κ1) is 12.0. The van der Waals surface area contributed by atoms with Crippen LogP contribution in [0.15, 0.2) is 0 Å². The molecule has 0 saturated heterocycles. The van der Waals surface area contributed by atoms with Gasteiger partial charge in [-0.05, 0) is 11.8 Å². The van der Waals surface area contributed by atoms with E-state index < -0.39 is 0 Å². The van der Waals surface area contributed by atoms with Crippen LogP contribution in [0.4, 0.5) is 0 Å². The fraction of sp³-hybridized carbons (Fsp3) is 0.917. The summed E-state index contributed by atoms with van der Waals surface area (Å²) in [4.78, 5) is 0. The lowest BCUT2D eigenvalue weighted by Crippen LogP contribution is -1.99. The van der Waals surface area contributed by atoms with Gasteiger partial charge in [-0.25, -0.2) is 0 Å². The van der Waals surface area contributed by atoms with Crippen LogP contribution in [0.3, 0.4) is 0 Å². The molecule has 0 rings (SSSR count). The smallest absolute Gasteiger partial charge is 0.0443 e. The van der Waals surface area contributed by atoms with E-state index >= 15 is 0 Å². The molecule has 0 heterocycles. The molecule has 73 valence electrons. The normalized spacial score (nSPS) is 16.0. The summed E-state index contributed by atoms with van der Waals surface area (Å²) in [6, 6.07) is 0. The fourth-order valence-corrected chi connectivity index (χ4v) is 1.41. The Kier molecular flexibility index (Phi) is 7.64. The zero-order valence-corrected chi connectivity index (χ0v) is 9.10. The van der Waals surface area contributed by atoms with Crippen LogP contribution in [0.5, 0.6) is 0 Å². The second kappa shape index (κ2) is 7.64. The van der Waals surface area contributed by atoms with E-state index in [9.17, 15) is 0 Å². The summed E-state index contributed by atoms with van der Waals surface area (Å²) >= 11 is 0. The van der Waals surface area contributed by atoms with Crippen molar-refractivity contribution >= 4 is 0 Å². The van der Waals surface area contributed by atoms with Gasteiger partial charge in [-0.3, -0.25) is 0 Å². The molecule has 0 aromatic carbocycles. The minimum absolute atomic E-state index is 0.917. The minimum atomic E-state index is 0.917. The predicted molar refractivity (Wildman–Crippen MR) is 57.1 cm³/mol. The second-order valence-electron chi connectivity index (χ2n) is 4.19. The molecule has 0 aromatic rings. The van der Waals surface area contributed by atoms with Crippen LogP contribution in [-0.2, 0) is 0 Å². The van der Waals surface area contributed by atoms with Crippen LogP contribution in [0.1, 0.15) is 59.3 Å². The average molecular weight is 169 g/mol. The standard InChI is InChI=1S/C12H25/c1-5-7-8-12(4)10-9-11(3)6-2/h11-12H,1,5-10H2,2-4H3. The molecule has 0 spiro atoms. The average Bonchev–Trinajstić information content (AvgIpc) is 2.10. The lowest BCUT2D eigenvalue weighted by molar-refractivity contribution is 0.400. The van der Waals surface area contributed by atoms with Gasteiger partial charge in [0.2, 0.25) is 0 Å². The van der Waals surface area contributed by atoms with E-state index in [0.29, 0.717) is 0 Å². The van der Waals surface area contributed by atoms with Crippen LogP contribution in [-0.4, -0.2) is 0 Å². The summed E-state index contributed by atoms with van der Waals surface area (Å²) in [7, 11) is 0. The summed E-state index contributed by atoms with van der Waals surface area (Å²) in [5, 5.41) is 0. The van der Waals surface area contributed by atoms with Crippen molar-refractivity contribution in [3.8, 4) is 0 Å². The largest absolute Gasteiger partial charge is 0.0651 e. The molecule has 0 bridgehead atoms. The van der Waals surface area contributed by atoms with Gasteiger partial charge < -0.3 is 0 Å². The Morgan fingerprint density at radius 3 is 2.08 bits per heavy atom. The van der Waals surface area contributed by atoms with Crippen molar-refractivity contribution in [2.24, 2.45) is 11.8 Å². The maximum Gasteiger partial charge on any atom is -0.0443 e. The molecule has 12 heavy (non-hydrogen) atoms. The highest BCUT2D eigenvalue weighted by atomic mass is 14.1. The molecule has 0 amide bonds. The van der Waals surface area contributed by atoms with Crippen LogP contribution >= 0.6 is 0 Å². The first-order valence-corrected chi connectivity index (χ1v) is 5.49. The zero-order chi connectivity index (χ0) is 9.40. The monoisotopic (exact) mass is 169 g/mol. The molecule has 0 heteroatoms. The van der Waals surface area contributed by atoms with Crippen molar-refractivity contribution in [2.45, 2.75) is 59.3 Å². The first-order chi connectivity index (χ1) is 5.70. The van der Waals surface area contributed by atoms with Crippen molar-refractivity contribution in [2.75, 3.05) is 0 Å². The molecule has 0 aliphatic rings. The molecule has 0 nitrogen and oxygen atoms in total. The fourth-order valence-electron chi connectivity index (χ4n) is 1.41. The maximum absolute atomic E-state index is 3.87. The zero-order valence-electron chi connectivity index (χ0n) is 9.10. The van der Waals surface area contributed by atoms with Gasteiger partial charge in [-0.15, -0.1) is 0 Å². The van der Waals surface area contributed by atoms with E-state index in [-0.39, 0.29) is 0 Å². The Balaban J connectivity index is 3.24. The molecular weight excluding hydrogens is 144 g/mol. The molecule has 0 fully saturated rings. The van der Waals surface area contributed by atoms with Crippen molar-refractivity contribution in [3.63, 3.8) is 0 Å². The van der Waals surface area contributed by atoms with Crippen LogP contribution in [0, 0.1) is 18.8 Å². The quantitative estimate of drug-likeness (QED) is 0.528. The number of hydrogen-bond donors (Lipinski definition) is 0. The Morgan fingerprint density at radius 2 is 1.58 bits per heavy atom. The Bertz CT molecular complexity index is 86.0. The van der Waals surface area contributed by atoms with Crippen LogP contribution < -0.4 is 0 Å². The van der Waals surface area contributed by atoms with E-state index in [1.165, 1.54) is 32.1 Å². The van der Waals surface area contributed by atoms with Gasteiger partial charge in [0.1, 0.15) is 0 Å². The third-order valence-electron chi connectivity index (χ3n) is 2.80. The Labute approximate surface area is 78.8 Å². The van der Waals surface area contributed by atoms with Crippen molar-refractivity contribution < 1.29 is 0 Å². The van der Waals surface area contributed by atoms with Gasteiger partial charge in [-0.1, -0.05) is 66.2 Å². The summed E-state index contributed by atoms with van der Waals surface area (Å²) in [6.07, 6.45) is 7.95. The van der Waals surface area contributed by atoms with E-state index in [4.69, 9.17) is 0 Å². The van der Waals surface area contributed by atoms with Gasteiger partial charge in [0, 0.05) is 0 Å². The van der Waals surface area contributed by atoms with E-state index in [0.717, 1.165) is 18.3 Å². The van der Waals surface area contributed by atoms with Crippen LogP contribution in [0.25, 0.3) is 0 Å². The number of unbranched alkanes of at least 4 members (excludes halogenated alkanes) is 1. The van der Waals surface area contributed by atoms with Gasteiger partial charge in [0.25, 0.3) is 0 Å². The topological polar surface area (TPSA) is 0 Å². The van der Waals surface area contributed by atoms with Crippen molar-refractivity contribution in [1.29, 1.82) is 0 Å². The van der Waals surface area contributed by atoms with Crippen molar-refractivity contribution in [1.82, 2.24) is 0 Å². The Morgan fingerprint density at radius 1 is 1.00 bits per heavy atom. The number of rotatable bonds is 7. The summed E-state index contributed by atoms with van der Waals surface area (Å²) < 4.78 is 0. The summed E-state index contributed by atoms with van der Waals surface area (Å²) in [5.74, 6) is 1.84. The van der Waals surface area contributed by atoms with E-state index in [1.54, 1.807) is 0 Å². The lowest BCUT2D eigenvalue weighted by Gasteiger charge is -2.13. The Hall–Kier alpha value is 0.